The second-order valence-electron chi connectivity index (χ2n) is 3.76. The van der Waals surface area contributed by atoms with Crippen molar-refractivity contribution in [2.75, 3.05) is 30.9 Å². The predicted molar refractivity (Wildman–Crippen MR) is 74.9 cm³/mol. The molecule has 1 rings (SSSR count). The SMILES string of the molecule is [CH2]CN(C)c1nc(OC)c([N+](=O)[O-])cc1NC(=O)C=C. The van der Waals surface area contributed by atoms with Gasteiger partial charge in [0.15, 0.2) is 5.82 Å². The van der Waals surface area contributed by atoms with Crippen LogP contribution in [-0.4, -0.2) is 36.5 Å². The molecule has 1 aromatic heterocycles. The lowest BCUT2D eigenvalue weighted by Crippen LogP contribution is -2.21. The second-order valence-corrected chi connectivity index (χ2v) is 3.76. The molecule has 0 atom stereocenters. The second kappa shape index (κ2) is 6.50. The Hall–Kier alpha value is -2.64. The van der Waals surface area contributed by atoms with E-state index in [1.54, 1.807) is 11.9 Å². The molecule has 0 aliphatic heterocycles. The zero-order chi connectivity index (χ0) is 15.3. The molecule has 1 aromatic rings. The maximum atomic E-state index is 11.4. The molecule has 0 saturated carbocycles. The van der Waals surface area contributed by atoms with Gasteiger partial charge in [0.25, 0.3) is 5.88 Å². The van der Waals surface area contributed by atoms with E-state index in [0.29, 0.717) is 12.4 Å². The maximum Gasteiger partial charge on any atom is 0.333 e. The van der Waals surface area contributed by atoms with Gasteiger partial charge >= 0.3 is 5.69 Å². The number of anilines is 2. The van der Waals surface area contributed by atoms with Gasteiger partial charge in [-0.1, -0.05) is 6.58 Å². The van der Waals surface area contributed by atoms with Crippen molar-refractivity contribution in [1.29, 1.82) is 0 Å². The highest BCUT2D eigenvalue weighted by Gasteiger charge is 2.23. The van der Waals surface area contributed by atoms with Crippen LogP contribution >= 0.6 is 0 Å². The number of rotatable bonds is 6. The molecule has 0 saturated heterocycles. The maximum absolute atomic E-state index is 11.4. The third-order valence-electron chi connectivity index (χ3n) is 2.48. The average Bonchev–Trinajstić information content (AvgIpc) is 2.45. The summed E-state index contributed by atoms with van der Waals surface area (Å²) in [5.74, 6) is -0.315. The average molecular weight is 279 g/mol. The minimum Gasteiger partial charge on any atom is -0.476 e. The third kappa shape index (κ3) is 3.22. The van der Waals surface area contributed by atoms with Gasteiger partial charge in [0.1, 0.15) is 0 Å². The van der Waals surface area contributed by atoms with E-state index < -0.39 is 10.8 Å². The molecule has 0 bridgehead atoms. The van der Waals surface area contributed by atoms with Crippen molar-refractivity contribution in [3.05, 3.63) is 35.8 Å². The molecule has 0 fully saturated rings. The van der Waals surface area contributed by atoms with E-state index in [9.17, 15) is 14.9 Å². The first kappa shape index (κ1) is 15.4. The van der Waals surface area contributed by atoms with Gasteiger partial charge in [0, 0.05) is 19.7 Å². The van der Waals surface area contributed by atoms with Gasteiger partial charge in [-0.25, -0.2) is 0 Å². The Morgan fingerprint density at radius 2 is 2.35 bits per heavy atom. The number of aromatic nitrogens is 1. The molecule has 107 valence electrons. The van der Waals surface area contributed by atoms with E-state index in [4.69, 9.17) is 4.74 Å². The first-order chi connectivity index (χ1) is 9.44. The summed E-state index contributed by atoms with van der Waals surface area (Å²) in [5.41, 5.74) is -0.151. The number of nitrogens with one attached hydrogen (secondary N) is 1. The number of ether oxygens (including phenoxy) is 1. The van der Waals surface area contributed by atoms with Crippen molar-refractivity contribution in [3.63, 3.8) is 0 Å². The first-order valence-electron chi connectivity index (χ1n) is 5.61. The molecule has 8 heteroatoms. The number of hydrogen-bond acceptors (Lipinski definition) is 6. The van der Waals surface area contributed by atoms with Crippen LogP contribution in [0.3, 0.4) is 0 Å². The molecule has 0 spiro atoms. The number of methoxy groups -OCH3 is 1. The number of carbonyl (C=O) groups is 1. The molecule has 0 aromatic carbocycles. The molecular formula is C12H15N4O4. The zero-order valence-corrected chi connectivity index (χ0v) is 11.3. The van der Waals surface area contributed by atoms with Gasteiger partial charge in [0.05, 0.1) is 17.7 Å². The van der Waals surface area contributed by atoms with Crippen LogP contribution in [0.2, 0.25) is 0 Å². The lowest BCUT2D eigenvalue weighted by Gasteiger charge is -2.19. The minimum atomic E-state index is -0.636. The number of nitrogens with zero attached hydrogens (tertiary/aromatic N) is 3. The van der Waals surface area contributed by atoms with Crippen molar-refractivity contribution >= 4 is 23.1 Å². The molecule has 1 radical (unpaired) electrons. The third-order valence-corrected chi connectivity index (χ3v) is 2.48. The van der Waals surface area contributed by atoms with Crippen LogP contribution in [0.15, 0.2) is 18.7 Å². The largest absolute Gasteiger partial charge is 0.476 e. The van der Waals surface area contributed by atoms with Crippen LogP contribution in [0, 0.1) is 17.0 Å². The van der Waals surface area contributed by atoms with Crippen molar-refractivity contribution in [2.24, 2.45) is 0 Å². The molecule has 1 heterocycles. The number of amides is 1. The van der Waals surface area contributed by atoms with Gasteiger partial charge in [-0.2, -0.15) is 4.98 Å². The normalized spacial score (nSPS) is 9.75. The molecule has 0 unspecified atom stereocenters. The Balaban J connectivity index is 3.42. The Morgan fingerprint density at radius 3 is 2.80 bits per heavy atom. The highest BCUT2D eigenvalue weighted by molar-refractivity contribution is 6.01. The molecular weight excluding hydrogens is 264 g/mol. The van der Waals surface area contributed by atoms with Crippen LogP contribution in [-0.2, 0) is 4.79 Å². The van der Waals surface area contributed by atoms with Crippen molar-refractivity contribution in [1.82, 2.24) is 4.98 Å². The fourth-order valence-electron chi connectivity index (χ4n) is 1.43. The summed E-state index contributed by atoms with van der Waals surface area (Å²) in [6, 6.07) is 1.19. The minimum absolute atomic E-state index is 0.137. The molecule has 0 aliphatic carbocycles. The Morgan fingerprint density at radius 1 is 1.70 bits per heavy atom. The monoisotopic (exact) mass is 279 g/mol. The molecule has 20 heavy (non-hydrogen) atoms. The Kier molecular flexibility index (Phi) is 5.01. The summed E-state index contributed by atoms with van der Waals surface area (Å²) >= 11 is 0. The standard InChI is InChI=1S/C12H15N4O4/c1-5-10(17)13-8-7-9(16(18)19)12(20-4)14-11(8)15(3)6-2/h5,7H,1-2,6H2,3-4H3,(H,13,17). The van der Waals surface area contributed by atoms with E-state index in [1.807, 2.05) is 0 Å². The smallest absolute Gasteiger partial charge is 0.333 e. The van der Waals surface area contributed by atoms with Crippen LogP contribution < -0.4 is 15.0 Å². The van der Waals surface area contributed by atoms with Gasteiger partial charge in [0.2, 0.25) is 5.91 Å². The van der Waals surface area contributed by atoms with Crippen molar-refractivity contribution < 1.29 is 14.5 Å². The summed E-state index contributed by atoms with van der Waals surface area (Å²) in [4.78, 5) is 27.4. The summed E-state index contributed by atoms with van der Waals surface area (Å²) in [7, 11) is 2.97. The van der Waals surface area contributed by atoms with Gasteiger partial charge < -0.3 is 15.0 Å². The van der Waals surface area contributed by atoms with E-state index >= 15 is 0 Å². The van der Waals surface area contributed by atoms with E-state index in [-0.39, 0.29) is 17.3 Å². The summed E-state index contributed by atoms with van der Waals surface area (Å²) in [5, 5.41) is 13.4. The quantitative estimate of drug-likeness (QED) is 0.480. The zero-order valence-electron chi connectivity index (χ0n) is 11.3. The topological polar surface area (TPSA) is 97.6 Å². The van der Waals surface area contributed by atoms with Gasteiger partial charge in [-0.15, -0.1) is 0 Å². The summed E-state index contributed by atoms with van der Waals surface area (Å²) < 4.78 is 4.90. The lowest BCUT2D eigenvalue weighted by atomic mass is 10.3. The Bertz CT molecular complexity index is 545. The lowest BCUT2D eigenvalue weighted by molar-refractivity contribution is -0.386. The van der Waals surface area contributed by atoms with E-state index in [2.05, 4.69) is 23.8 Å². The van der Waals surface area contributed by atoms with Crippen molar-refractivity contribution in [3.8, 4) is 5.88 Å². The van der Waals surface area contributed by atoms with Crippen LogP contribution in [0.5, 0.6) is 5.88 Å². The predicted octanol–water partition coefficient (Wildman–Crippen LogP) is 1.39. The van der Waals surface area contributed by atoms with Crippen LogP contribution in [0.25, 0.3) is 0 Å². The molecule has 0 aliphatic rings. The number of pyridine rings is 1. The fourth-order valence-corrected chi connectivity index (χ4v) is 1.43. The number of carbonyl (C=O) groups excluding carboxylic acids is 1. The number of hydrogen-bond donors (Lipinski definition) is 1. The summed E-state index contributed by atoms with van der Waals surface area (Å²) in [6.45, 7) is 7.37. The van der Waals surface area contributed by atoms with Crippen LogP contribution in [0.1, 0.15) is 0 Å². The van der Waals surface area contributed by atoms with Gasteiger partial charge in [-0.3, -0.25) is 14.9 Å². The highest BCUT2D eigenvalue weighted by atomic mass is 16.6. The number of nitro groups is 1. The Labute approximate surface area is 116 Å². The molecule has 1 N–H and O–H groups in total. The van der Waals surface area contributed by atoms with E-state index in [0.717, 1.165) is 6.08 Å². The van der Waals surface area contributed by atoms with Crippen LogP contribution in [0.4, 0.5) is 17.2 Å². The van der Waals surface area contributed by atoms with Gasteiger partial charge in [-0.05, 0) is 13.0 Å². The highest BCUT2D eigenvalue weighted by Crippen LogP contribution is 2.34. The van der Waals surface area contributed by atoms with Crippen molar-refractivity contribution in [2.45, 2.75) is 0 Å². The first-order valence-corrected chi connectivity index (χ1v) is 5.61. The molecule has 1 amide bonds. The van der Waals surface area contributed by atoms with E-state index in [1.165, 1.54) is 13.2 Å². The summed E-state index contributed by atoms with van der Waals surface area (Å²) in [6.07, 6.45) is 1.06. The fraction of sp³-hybridized carbons (Fsp3) is 0.250. The molecule has 8 nitrogen and oxygen atoms in total.